The molecule has 2 aromatic rings. The van der Waals surface area contributed by atoms with Gasteiger partial charge in [-0.05, 0) is 58.8 Å². The molecule has 0 spiro atoms. The molecule has 29 heavy (non-hydrogen) atoms. The van der Waals surface area contributed by atoms with Gasteiger partial charge in [-0.2, -0.15) is 0 Å². The highest BCUT2D eigenvalue weighted by molar-refractivity contribution is 6.99. The average molecular weight is 405 g/mol. The van der Waals surface area contributed by atoms with E-state index in [0.29, 0.717) is 11.5 Å². The van der Waals surface area contributed by atoms with Gasteiger partial charge in [0.1, 0.15) is 0 Å². The van der Waals surface area contributed by atoms with Crippen molar-refractivity contribution in [2.24, 2.45) is 11.3 Å². The third kappa shape index (κ3) is 3.78. The fraction of sp³-hybridized carbons (Fsp3) is 0.481. The molecule has 0 N–H and O–H groups in total. The molecule has 0 radical (unpaired) electrons. The van der Waals surface area contributed by atoms with Crippen LogP contribution in [0.3, 0.4) is 0 Å². The van der Waals surface area contributed by atoms with E-state index in [1.54, 1.807) is 0 Å². The molecule has 2 heteroatoms. The second-order valence-corrected chi connectivity index (χ2v) is 14.6. The van der Waals surface area contributed by atoms with Crippen LogP contribution in [0.15, 0.2) is 72.8 Å². The first-order valence-corrected chi connectivity index (χ1v) is 13.2. The van der Waals surface area contributed by atoms with E-state index in [4.69, 9.17) is 4.43 Å². The van der Waals surface area contributed by atoms with E-state index in [-0.39, 0.29) is 5.04 Å². The standard InChI is InChI=1S/C27H36OSi/c1-26(2,3)29(24-14-7-5-8-15-24,25-16-9-6-10-17-25)28-23-18-20-27(4)19-12-11-13-22(27)21-23/h5-10,12,14-17,19,22-23H,11,13,18,20-21H2,1-4H3/t22-,23+,27+/m1/s1. The van der Waals surface area contributed by atoms with E-state index in [2.05, 4.69) is 101 Å². The maximum Gasteiger partial charge on any atom is 0.261 e. The summed E-state index contributed by atoms with van der Waals surface area (Å²) in [4.78, 5) is 0. The minimum atomic E-state index is -2.44. The van der Waals surface area contributed by atoms with E-state index in [0.717, 1.165) is 5.92 Å². The molecule has 0 bridgehead atoms. The van der Waals surface area contributed by atoms with Crippen molar-refractivity contribution in [2.75, 3.05) is 0 Å². The Morgan fingerprint density at radius 2 is 1.48 bits per heavy atom. The van der Waals surface area contributed by atoms with Gasteiger partial charge < -0.3 is 4.43 Å². The van der Waals surface area contributed by atoms with E-state index in [1.165, 1.54) is 42.5 Å². The number of hydrogen-bond acceptors (Lipinski definition) is 1. The summed E-state index contributed by atoms with van der Waals surface area (Å²) >= 11 is 0. The van der Waals surface area contributed by atoms with Crippen LogP contribution in [0, 0.1) is 11.3 Å². The summed E-state index contributed by atoms with van der Waals surface area (Å²) in [6, 6.07) is 22.2. The van der Waals surface area contributed by atoms with Crippen molar-refractivity contribution in [3.05, 3.63) is 72.8 Å². The Morgan fingerprint density at radius 1 is 0.897 bits per heavy atom. The van der Waals surface area contributed by atoms with Crippen LogP contribution in [0.25, 0.3) is 0 Å². The lowest BCUT2D eigenvalue weighted by Gasteiger charge is -2.50. The second kappa shape index (κ2) is 7.89. The molecule has 0 heterocycles. The highest BCUT2D eigenvalue weighted by atomic mass is 28.4. The lowest BCUT2D eigenvalue weighted by atomic mass is 9.63. The average Bonchev–Trinajstić information content (AvgIpc) is 2.72. The van der Waals surface area contributed by atoms with Gasteiger partial charge in [-0.3, -0.25) is 0 Å². The molecule has 2 aromatic carbocycles. The molecular weight excluding hydrogens is 368 g/mol. The largest absolute Gasteiger partial charge is 0.404 e. The van der Waals surface area contributed by atoms with Crippen molar-refractivity contribution in [3.8, 4) is 0 Å². The third-order valence-corrected chi connectivity index (χ3v) is 12.5. The summed E-state index contributed by atoms with van der Waals surface area (Å²) < 4.78 is 7.42. The van der Waals surface area contributed by atoms with Crippen molar-refractivity contribution in [2.45, 2.75) is 70.9 Å². The molecule has 2 aliphatic carbocycles. The van der Waals surface area contributed by atoms with Crippen LogP contribution >= 0.6 is 0 Å². The molecule has 0 aliphatic heterocycles. The van der Waals surface area contributed by atoms with E-state index < -0.39 is 8.32 Å². The summed E-state index contributed by atoms with van der Waals surface area (Å²) in [6.07, 6.45) is 11.4. The van der Waals surface area contributed by atoms with Crippen LogP contribution in [0.5, 0.6) is 0 Å². The third-order valence-electron chi connectivity index (χ3n) is 7.43. The quantitative estimate of drug-likeness (QED) is 0.443. The lowest BCUT2D eigenvalue weighted by Crippen LogP contribution is -2.68. The summed E-state index contributed by atoms with van der Waals surface area (Å²) in [5.74, 6) is 0.754. The first-order chi connectivity index (χ1) is 13.9. The monoisotopic (exact) mass is 404 g/mol. The number of allylic oxidation sites excluding steroid dienone is 2. The molecule has 4 rings (SSSR count). The van der Waals surface area contributed by atoms with Crippen LogP contribution < -0.4 is 10.4 Å². The zero-order valence-electron chi connectivity index (χ0n) is 18.5. The second-order valence-electron chi connectivity index (χ2n) is 10.4. The Hall–Kier alpha value is -1.64. The van der Waals surface area contributed by atoms with Gasteiger partial charge in [-0.15, -0.1) is 0 Å². The van der Waals surface area contributed by atoms with Crippen LogP contribution in [0.2, 0.25) is 5.04 Å². The van der Waals surface area contributed by atoms with Gasteiger partial charge in [0.15, 0.2) is 0 Å². The maximum absolute atomic E-state index is 7.42. The van der Waals surface area contributed by atoms with Crippen LogP contribution in [-0.2, 0) is 4.43 Å². The highest BCUT2D eigenvalue weighted by Crippen LogP contribution is 2.49. The predicted octanol–water partition coefficient (Wildman–Crippen LogP) is 6.09. The molecular formula is C27H36OSi. The van der Waals surface area contributed by atoms with Gasteiger partial charge in [-0.1, -0.05) is 101 Å². The fourth-order valence-corrected chi connectivity index (χ4v) is 10.5. The Balaban J connectivity index is 1.75. The number of fused-ring (bicyclic) bond motifs is 1. The summed E-state index contributed by atoms with van der Waals surface area (Å²) in [6.45, 7) is 9.62. The normalized spacial score (nSPS) is 27.4. The van der Waals surface area contributed by atoms with E-state index >= 15 is 0 Å². The van der Waals surface area contributed by atoms with Gasteiger partial charge in [0.05, 0.1) is 0 Å². The summed E-state index contributed by atoms with van der Waals surface area (Å²) in [7, 11) is -2.44. The lowest BCUT2D eigenvalue weighted by molar-refractivity contribution is 0.0452. The maximum atomic E-state index is 7.42. The van der Waals surface area contributed by atoms with E-state index in [9.17, 15) is 0 Å². The Labute approximate surface area is 178 Å². The smallest absolute Gasteiger partial charge is 0.261 e. The van der Waals surface area contributed by atoms with Crippen LogP contribution in [-0.4, -0.2) is 14.4 Å². The minimum Gasteiger partial charge on any atom is -0.404 e. The first kappa shape index (κ1) is 20.6. The first-order valence-electron chi connectivity index (χ1n) is 11.3. The number of rotatable bonds is 4. The molecule has 3 atom stereocenters. The SMILES string of the molecule is CC(C)(C)[Si](O[C@H]1CC[C@]2(C)C=CCC[C@@H]2C1)(c1ccccc1)c1ccccc1. The predicted molar refractivity (Wildman–Crippen MR) is 126 cm³/mol. The Kier molecular flexibility index (Phi) is 5.61. The molecule has 1 fully saturated rings. The van der Waals surface area contributed by atoms with Crippen molar-refractivity contribution in [1.82, 2.24) is 0 Å². The Bertz CT molecular complexity index is 796. The fourth-order valence-electron chi connectivity index (χ4n) is 5.75. The number of benzene rings is 2. The van der Waals surface area contributed by atoms with Gasteiger partial charge in [-0.25, -0.2) is 0 Å². The molecule has 154 valence electrons. The molecule has 1 nitrogen and oxygen atoms in total. The molecule has 0 aromatic heterocycles. The van der Waals surface area contributed by atoms with Crippen molar-refractivity contribution in [1.29, 1.82) is 0 Å². The van der Waals surface area contributed by atoms with Crippen molar-refractivity contribution < 1.29 is 4.43 Å². The minimum absolute atomic E-state index is 0.0585. The van der Waals surface area contributed by atoms with Gasteiger partial charge >= 0.3 is 0 Å². The molecule has 0 saturated heterocycles. The molecule has 2 aliphatic rings. The van der Waals surface area contributed by atoms with Gasteiger partial charge in [0.25, 0.3) is 8.32 Å². The molecule has 0 amide bonds. The topological polar surface area (TPSA) is 9.23 Å². The van der Waals surface area contributed by atoms with Crippen molar-refractivity contribution >= 4 is 18.7 Å². The van der Waals surface area contributed by atoms with Gasteiger partial charge in [0, 0.05) is 6.10 Å². The summed E-state index contributed by atoms with van der Waals surface area (Å²) in [5, 5.41) is 2.86. The summed E-state index contributed by atoms with van der Waals surface area (Å²) in [5.41, 5.74) is 0.379. The van der Waals surface area contributed by atoms with Gasteiger partial charge in [0.2, 0.25) is 0 Å². The zero-order chi connectivity index (χ0) is 20.5. The molecule has 0 unspecified atom stereocenters. The molecule has 1 saturated carbocycles. The van der Waals surface area contributed by atoms with E-state index in [1.807, 2.05) is 0 Å². The number of hydrogen-bond donors (Lipinski definition) is 0. The Morgan fingerprint density at radius 3 is 2.03 bits per heavy atom. The van der Waals surface area contributed by atoms with Crippen LogP contribution in [0.1, 0.15) is 59.8 Å². The van der Waals surface area contributed by atoms with Crippen molar-refractivity contribution in [3.63, 3.8) is 0 Å². The zero-order valence-corrected chi connectivity index (χ0v) is 19.5. The highest BCUT2D eigenvalue weighted by Gasteiger charge is 2.52. The van der Waals surface area contributed by atoms with Crippen LogP contribution in [0.4, 0.5) is 0 Å².